The van der Waals surface area contributed by atoms with E-state index in [1.54, 1.807) is 43.0 Å². The maximum absolute atomic E-state index is 13.6. The fourth-order valence-electron chi connectivity index (χ4n) is 5.05. The first-order valence-electron chi connectivity index (χ1n) is 15.3. The van der Waals surface area contributed by atoms with Gasteiger partial charge in [0.1, 0.15) is 28.7 Å². The predicted octanol–water partition coefficient (Wildman–Crippen LogP) is 3.20. The summed E-state index contributed by atoms with van der Waals surface area (Å²) in [6.07, 6.45) is -0.921. The standard InChI is InChI=1S/C34H38F2N4O7S/c1-20(2)30(34(45)46)38-16-15-37-28(42)17-39-29(43)18-47-26-13-5-22(6-14-26)31-32(33(44)40(31)25-11-9-24(36)10-12-25)48-19-27(41)21-3-7-23(35)8-4-21/h3-14,20,27,30-32,38,41H,15-19H2,1-2H3,(H,37,42)(H,39,43)(H,45,46)/t27?,30-,31-,32-/m1/s1. The third-order valence-electron chi connectivity index (χ3n) is 7.62. The summed E-state index contributed by atoms with van der Waals surface area (Å²) in [5.74, 6) is -2.56. The number of halogens is 2. The third-order valence-corrected chi connectivity index (χ3v) is 8.95. The van der Waals surface area contributed by atoms with Crippen LogP contribution in [0.2, 0.25) is 0 Å². The van der Waals surface area contributed by atoms with Crippen molar-refractivity contribution in [2.45, 2.75) is 37.3 Å². The third kappa shape index (κ3) is 9.75. The highest BCUT2D eigenvalue weighted by Gasteiger charge is 2.49. The summed E-state index contributed by atoms with van der Waals surface area (Å²) in [6.45, 7) is 3.36. The van der Waals surface area contributed by atoms with Crippen molar-refractivity contribution in [3.05, 3.63) is 95.6 Å². The second-order valence-corrected chi connectivity index (χ2v) is 12.6. The van der Waals surface area contributed by atoms with E-state index in [4.69, 9.17) is 4.74 Å². The Labute approximate surface area is 281 Å². The van der Waals surface area contributed by atoms with Gasteiger partial charge in [0.05, 0.1) is 18.7 Å². The number of aliphatic hydroxyl groups excluding tert-OH is 1. The summed E-state index contributed by atoms with van der Waals surface area (Å²) >= 11 is 1.27. The molecule has 0 bridgehead atoms. The van der Waals surface area contributed by atoms with Gasteiger partial charge < -0.3 is 35.8 Å². The Morgan fingerprint density at radius 3 is 2.12 bits per heavy atom. The van der Waals surface area contributed by atoms with Crippen LogP contribution in [0.25, 0.3) is 0 Å². The molecule has 1 unspecified atom stereocenters. The normalized spacial score (nSPS) is 17.0. The Kier molecular flexibility index (Phi) is 12.9. The molecule has 0 aromatic heterocycles. The van der Waals surface area contributed by atoms with Crippen LogP contribution in [-0.2, 0) is 19.2 Å². The van der Waals surface area contributed by atoms with Crippen LogP contribution >= 0.6 is 11.8 Å². The largest absolute Gasteiger partial charge is 0.484 e. The van der Waals surface area contributed by atoms with E-state index in [0.29, 0.717) is 17.0 Å². The monoisotopic (exact) mass is 684 g/mol. The number of thioether (sulfide) groups is 1. The minimum atomic E-state index is -0.970. The number of anilines is 1. The molecule has 1 fully saturated rings. The van der Waals surface area contributed by atoms with E-state index in [9.17, 15) is 38.2 Å². The molecule has 0 spiro atoms. The summed E-state index contributed by atoms with van der Waals surface area (Å²) in [5.41, 5.74) is 1.79. The molecule has 4 rings (SSSR count). The summed E-state index contributed by atoms with van der Waals surface area (Å²) in [6, 6.07) is 16.7. The SMILES string of the molecule is CC(C)[C@@H](NCCNC(=O)CNC(=O)COc1ccc([C@@H]2[C@@H](SCC(O)c3ccc(F)cc3)C(=O)N2c2ccc(F)cc2)cc1)C(=O)O. The number of hydrogen-bond donors (Lipinski definition) is 5. The van der Waals surface area contributed by atoms with Crippen molar-refractivity contribution < 1.29 is 42.9 Å². The number of carboxylic acids is 1. The Bertz CT molecular complexity index is 1560. The van der Waals surface area contributed by atoms with Crippen molar-refractivity contribution in [1.82, 2.24) is 16.0 Å². The number of hydrogen-bond acceptors (Lipinski definition) is 8. The van der Waals surface area contributed by atoms with E-state index >= 15 is 0 Å². The number of aliphatic hydroxyl groups is 1. The van der Waals surface area contributed by atoms with E-state index in [1.165, 1.54) is 60.3 Å². The van der Waals surface area contributed by atoms with Crippen LogP contribution in [0.3, 0.4) is 0 Å². The zero-order valence-electron chi connectivity index (χ0n) is 26.4. The molecule has 1 heterocycles. The number of benzene rings is 3. The molecule has 3 aromatic carbocycles. The number of β-lactam (4-membered cyclic amide) rings is 1. The Hall–Kier alpha value is -4.53. The minimum absolute atomic E-state index is 0.122. The van der Waals surface area contributed by atoms with Crippen LogP contribution < -0.4 is 25.6 Å². The number of nitrogens with zero attached hydrogens (tertiary/aromatic N) is 1. The van der Waals surface area contributed by atoms with Crippen molar-refractivity contribution in [2.24, 2.45) is 5.92 Å². The van der Waals surface area contributed by atoms with Crippen LogP contribution in [0.4, 0.5) is 14.5 Å². The molecule has 5 N–H and O–H groups in total. The van der Waals surface area contributed by atoms with E-state index in [0.717, 1.165) is 5.56 Å². The number of carbonyl (C=O) groups is 4. The molecule has 1 aliphatic heterocycles. The van der Waals surface area contributed by atoms with Crippen LogP contribution in [0.15, 0.2) is 72.8 Å². The van der Waals surface area contributed by atoms with Crippen LogP contribution in [0.5, 0.6) is 5.75 Å². The molecule has 1 aliphatic rings. The molecule has 11 nitrogen and oxygen atoms in total. The van der Waals surface area contributed by atoms with Crippen molar-refractivity contribution >= 4 is 41.1 Å². The van der Waals surface area contributed by atoms with E-state index < -0.39 is 52.9 Å². The van der Waals surface area contributed by atoms with Gasteiger partial charge in [-0.1, -0.05) is 38.1 Å². The van der Waals surface area contributed by atoms with Gasteiger partial charge in [0.15, 0.2) is 6.61 Å². The smallest absolute Gasteiger partial charge is 0.320 e. The number of ether oxygens (including phenoxy) is 1. The van der Waals surface area contributed by atoms with Gasteiger partial charge in [0.2, 0.25) is 11.8 Å². The Morgan fingerprint density at radius 2 is 1.52 bits per heavy atom. The molecule has 3 aromatic rings. The first-order chi connectivity index (χ1) is 22.9. The zero-order valence-corrected chi connectivity index (χ0v) is 27.2. The number of rotatable bonds is 17. The number of amides is 3. The van der Waals surface area contributed by atoms with E-state index in [-0.39, 0.29) is 43.8 Å². The van der Waals surface area contributed by atoms with Crippen molar-refractivity contribution in [3.8, 4) is 5.75 Å². The average Bonchev–Trinajstić information content (AvgIpc) is 3.06. The van der Waals surface area contributed by atoms with Gasteiger partial charge in [-0.2, -0.15) is 0 Å². The molecule has 0 saturated carbocycles. The van der Waals surface area contributed by atoms with Crippen LogP contribution in [-0.4, -0.2) is 77.2 Å². The van der Waals surface area contributed by atoms with E-state index in [2.05, 4.69) is 16.0 Å². The first-order valence-corrected chi connectivity index (χ1v) is 16.4. The minimum Gasteiger partial charge on any atom is -0.484 e. The number of carboxylic acid groups (broad SMARTS) is 1. The Morgan fingerprint density at radius 1 is 0.896 bits per heavy atom. The van der Waals surface area contributed by atoms with Crippen molar-refractivity contribution in [3.63, 3.8) is 0 Å². The zero-order chi connectivity index (χ0) is 34.8. The fraction of sp³-hybridized carbons (Fsp3) is 0.353. The molecule has 4 atom stereocenters. The molecular weight excluding hydrogens is 646 g/mol. The summed E-state index contributed by atoms with van der Waals surface area (Å²) in [4.78, 5) is 50.4. The van der Waals surface area contributed by atoms with Gasteiger partial charge >= 0.3 is 5.97 Å². The number of aliphatic carboxylic acids is 1. The lowest BCUT2D eigenvalue weighted by atomic mass is 9.92. The average molecular weight is 685 g/mol. The lowest BCUT2D eigenvalue weighted by molar-refractivity contribution is -0.140. The second-order valence-electron chi connectivity index (χ2n) is 11.4. The van der Waals surface area contributed by atoms with E-state index in [1.807, 2.05) is 0 Å². The lowest BCUT2D eigenvalue weighted by Crippen LogP contribution is -2.57. The van der Waals surface area contributed by atoms with Crippen molar-refractivity contribution in [2.75, 3.05) is 36.9 Å². The number of carbonyl (C=O) groups excluding carboxylic acids is 3. The number of nitrogens with one attached hydrogen (secondary N) is 3. The lowest BCUT2D eigenvalue weighted by Gasteiger charge is -2.47. The van der Waals surface area contributed by atoms with Crippen LogP contribution in [0.1, 0.15) is 37.1 Å². The molecular formula is C34H38F2N4O7S. The molecule has 14 heteroatoms. The summed E-state index contributed by atoms with van der Waals surface area (Å²) < 4.78 is 32.5. The summed E-state index contributed by atoms with van der Waals surface area (Å²) in [5, 5.41) is 27.2. The fourth-order valence-corrected chi connectivity index (χ4v) is 6.35. The maximum atomic E-state index is 13.6. The van der Waals surface area contributed by atoms with Crippen LogP contribution in [0, 0.1) is 17.6 Å². The maximum Gasteiger partial charge on any atom is 0.320 e. The Balaban J connectivity index is 1.29. The van der Waals surface area contributed by atoms with Gasteiger partial charge in [-0.3, -0.25) is 19.2 Å². The molecule has 0 aliphatic carbocycles. The first kappa shape index (κ1) is 36.3. The second kappa shape index (κ2) is 17.0. The highest BCUT2D eigenvalue weighted by atomic mass is 32.2. The topological polar surface area (TPSA) is 157 Å². The highest BCUT2D eigenvalue weighted by molar-refractivity contribution is 8.00. The van der Waals surface area contributed by atoms with Gasteiger partial charge in [-0.05, 0) is 65.6 Å². The van der Waals surface area contributed by atoms with Gasteiger partial charge in [-0.15, -0.1) is 11.8 Å². The summed E-state index contributed by atoms with van der Waals surface area (Å²) in [7, 11) is 0. The van der Waals surface area contributed by atoms with Crippen molar-refractivity contribution in [1.29, 1.82) is 0 Å². The van der Waals surface area contributed by atoms with Gasteiger partial charge in [0, 0.05) is 24.5 Å². The molecule has 1 saturated heterocycles. The molecule has 48 heavy (non-hydrogen) atoms. The molecule has 3 amide bonds. The van der Waals surface area contributed by atoms with Gasteiger partial charge in [-0.25, -0.2) is 8.78 Å². The van der Waals surface area contributed by atoms with Gasteiger partial charge in [0.25, 0.3) is 5.91 Å². The highest BCUT2D eigenvalue weighted by Crippen LogP contribution is 2.46. The molecule has 256 valence electrons. The quantitative estimate of drug-likeness (QED) is 0.106. The predicted molar refractivity (Wildman–Crippen MR) is 176 cm³/mol. The molecule has 0 radical (unpaired) electrons.